The molecule has 0 aliphatic rings. The second kappa shape index (κ2) is 6.57. The fourth-order valence-corrected chi connectivity index (χ4v) is 1.85. The van der Waals surface area contributed by atoms with Crippen LogP contribution in [0.3, 0.4) is 0 Å². The van der Waals surface area contributed by atoms with Gasteiger partial charge in [0.15, 0.2) is 6.61 Å². The molecule has 0 bridgehead atoms. The minimum atomic E-state index is -0.852. The molecule has 0 atom stereocenters. The van der Waals surface area contributed by atoms with E-state index in [9.17, 15) is 19.5 Å². The molecule has 0 radical (unpaired) electrons. The number of aromatic hydroxyl groups is 1. The Hall–Kier alpha value is -3.09. The van der Waals surface area contributed by atoms with Crippen LogP contribution < -0.4 is 10.6 Å². The van der Waals surface area contributed by atoms with E-state index in [1.54, 1.807) is 24.3 Å². The van der Waals surface area contributed by atoms with Crippen LogP contribution in [-0.2, 0) is 9.53 Å². The first-order valence-corrected chi connectivity index (χ1v) is 6.42. The van der Waals surface area contributed by atoms with Crippen molar-refractivity contribution in [3.8, 4) is 5.75 Å². The number of amides is 3. The quantitative estimate of drug-likeness (QED) is 0.738. The van der Waals surface area contributed by atoms with Gasteiger partial charge in [-0.25, -0.2) is 9.59 Å². The molecule has 7 nitrogen and oxygen atoms in total. The van der Waals surface area contributed by atoms with Crippen molar-refractivity contribution in [1.82, 2.24) is 10.6 Å². The van der Waals surface area contributed by atoms with Crippen LogP contribution in [0.5, 0.6) is 5.75 Å². The predicted molar refractivity (Wildman–Crippen MR) is 78.5 cm³/mol. The van der Waals surface area contributed by atoms with Crippen molar-refractivity contribution in [2.45, 2.75) is 0 Å². The van der Waals surface area contributed by atoms with E-state index < -0.39 is 24.5 Å². The number of esters is 1. The summed E-state index contributed by atoms with van der Waals surface area (Å²) in [6.07, 6.45) is 0. The van der Waals surface area contributed by atoms with Crippen LogP contribution in [-0.4, -0.2) is 36.7 Å². The van der Waals surface area contributed by atoms with Crippen LogP contribution in [0.25, 0.3) is 10.8 Å². The molecule has 114 valence electrons. The Kier molecular flexibility index (Phi) is 4.57. The van der Waals surface area contributed by atoms with Gasteiger partial charge in [0.1, 0.15) is 11.3 Å². The molecule has 0 aliphatic carbocycles. The number of ether oxygens (including phenoxy) is 1. The van der Waals surface area contributed by atoms with E-state index in [-0.39, 0.29) is 11.3 Å². The molecule has 0 heterocycles. The van der Waals surface area contributed by atoms with Gasteiger partial charge in [-0.2, -0.15) is 0 Å². The lowest BCUT2D eigenvalue weighted by Gasteiger charge is -2.08. The molecule has 2 aromatic rings. The minimum absolute atomic E-state index is 0.0496. The average molecular weight is 302 g/mol. The number of phenols is 1. The molecule has 0 saturated carbocycles. The highest BCUT2D eigenvalue weighted by Gasteiger charge is 2.17. The second-order valence-electron chi connectivity index (χ2n) is 4.39. The Morgan fingerprint density at radius 3 is 2.59 bits per heavy atom. The highest BCUT2D eigenvalue weighted by Crippen LogP contribution is 2.28. The lowest BCUT2D eigenvalue weighted by Crippen LogP contribution is -2.39. The molecule has 0 fully saturated rings. The smallest absolute Gasteiger partial charge is 0.342 e. The Morgan fingerprint density at radius 2 is 1.86 bits per heavy atom. The fourth-order valence-electron chi connectivity index (χ4n) is 1.85. The molecule has 2 rings (SSSR count). The highest BCUT2D eigenvalue weighted by atomic mass is 16.5. The van der Waals surface area contributed by atoms with Crippen molar-refractivity contribution in [2.75, 3.05) is 13.7 Å². The van der Waals surface area contributed by atoms with Crippen molar-refractivity contribution in [1.29, 1.82) is 0 Å². The zero-order valence-corrected chi connectivity index (χ0v) is 11.8. The molecular formula is C15H14N2O5. The molecule has 3 amide bonds. The van der Waals surface area contributed by atoms with Gasteiger partial charge in [0.25, 0.3) is 5.91 Å². The fraction of sp³-hybridized carbons (Fsp3) is 0.133. The zero-order valence-electron chi connectivity index (χ0n) is 11.8. The van der Waals surface area contributed by atoms with Crippen LogP contribution in [0.2, 0.25) is 0 Å². The molecule has 22 heavy (non-hydrogen) atoms. The second-order valence-corrected chi connectivity index (χ2v) is 4.39. The number of hydrogen-bond acceptors (Lipinski definition) is 5. The molecule has 0 spiro atoms. The van der Waals surface area contributed by atoms with E-state index in [0.29, 0.717) is 5.39 Å². The number of imide groups is 1. The van der Waals surface area contributed by atoms with Gasteiger partial charge in [0.2, 0.25) is 0 Å². The van der Waals surface area contributed by atoms with Gasteiger partial charge in [-0.3, -0.25) is 10.1 Å². The molecule has 2 aromatic carbocycles. The van der Waals surface area contributed by atoms with E-state index in [1.807, 2.05) is 11.4 Å². The zero-order chi connectivity index (χ0) is 16.1. The number of carbonyl (C=O) groups excluding carboxylic acids is 3. The Labute approximate surface area is 125 Å². The van der Waals surface area contributed by atoms with Gasteiger partial charge in [-0.05, 0) is 11.5 Å². The third kappa shape index (κ3) is 3.32. The first kappa shape index (κ1) is 15.3. The number of fused-ring (bicyclic) bond motifs is 1. The molecule has 3 N–H and O–H groups in total. The lowest BCUT2D eigenvalue weighted by molar-refractivity contribution is -0.123. The first-order chi connectivity index (χ1) is 10.5. The summed E-state index contributed by atoms with van der Waals surface area (Å²) < 4.78 is 4.77. The van der Waals surface area contributed by atoms with E-state index >= 15 is 0 Å². The Balaban J connectivity index is 2.09. The van der Waals surface area contributed by atoms with Crippen molar-refractivity contribution in [3.63, 3.8) is 0 Å². The van der Waals surface area contributed by atoms with Gasteiger partial charge in [-0.15, -0.1) is 0 Å². The molecule has 7 heteroatoms. The molecule has 0 saturated heterocycles. The monoisotopic (exact) mass is 302 g/mol. The maximum absolute atomic E-state index is 11.9. The van der Waals surface area contributed by atoms with E-state index in [0.717, 1.165) is 5.39 Å². The van der Waals surface area contributed by atoms with Crippen LogP contribution in [0.1, 0.15) is 10.4 Å². The van der Waals surface area contributed by atoms with Gasteiger partial charge in [-0.1, -0.05) is 30.3 Å². The van der Waals surface area contributed by atoms with Gasteiger partial charge < -0.3 is 15.2 Å². The number of benzene rings is 2. The Morgan fingerprint density at radius 1 is 1.14 bits per heavy atom. The molecular weight excluding hydrogens is 288 g/mol. The van der Waals surface area contributed by atoms with Crippen molar-refractivity contribution in [2.24, 2.45) is 0 Å². The summed E-state index contributed by atoms with van der Waals surface area (Å²) in [5.74, 6) is -1.84. The van der Waals surface area contributed by atoms with Gasteiger partial charge in [0.05, 0.1) is 0 Å². The predicted octanol–water partition coefficient (Wildman–Crippen LogP) is 1.16. The topological polar surface area (TPSA) is 105 Å². The van der Waals surface area contributed by atoms with Crippen molar-refractivity contribution >= 4 is 28.7 Å². The van der Waals surface area contributed by atoms with Gasteiger partial charge >= 0.3 is 12.0 Å². The number of phenolic OH excluding ortho intramolecular Hbond substituents is 1. The standard InChI is InChI=1S/C15H14N2O5/c1-16-15(21)17-12(18)8-22-14(20)11-7-6-9-4-2-3-5-10(9)13(11)19/h2-7,19H,8H2,1H3,(H2,16,17,18,21). The number of urea groups is 1. The number of rotatable bonds is 3. The van der Waals surface area contributed by atoms with Crippen molar-refractivity contribution < 1.29 is 24.2 Å². The minimum Gasteiger partial charge on any atom is -0.506 e. The van der Waals surface area contributed by atoms with Crippen LogP contribution in [0.4, 0.5) is 4.79 Å². The first-order valence-electron chi connectivity index (χ1n) is 6.42. The normalized spacial score (nSPS) is 10.0. The third-order valence-corrected chi connectivity index (χ3v) is 2.93. The number of hydrogen-bond donors (Lipinski definition) is 3. The van der Waals surface area contributed by atoms with Crippen LogP contribution in [0, 0.1) is 0 Å². The summed E-state index contributed by atoms with van der Waals surface area (Å²) in [6.45, 7) is -0.626. The summed E-state index contributed by atoms with van der Waals surface area (Å²) in [5.41, 5.74) is -0.0496. The van der Waals surface area contributed by atoms with E-state index in [2.05, 4.69) is 5.32 Å². The summed E-state index contributed by atoms with van der Waals surface area (Å²) >= 11 is 0. The highest BCUT2D eigenvalue weighted by molar-refractivity contribution is 6.02. The van der Waals surface area contributed by atoms with Crippen molar-refractivity contribution in [3.05, 3.63) is 42.0 Å². The summed E-state index contributed by atoms with van der Waals surface area (Å²) in [5, 5.41) is 15.5. The van der Waals surface area contributed by atoms with Crippen LogP contribution in [0.15, 0.2) is 36.4 Å². The summed E-state index contributed by atoms with van der Waals surface area (Å²) in [4.78, 5) is 34.2. The van der Waals surface area contributed by atoms with E-state index in [1.165, 1.54) is 13.1 Å². The molecule has 0 aromatic heterocycles. The number of carbonyl (C=O) groups is 3. The summed E-state index contributed by atoms with van der Waals surface area (Å²) in [7, 11) is 1.35. The van der Waals surface area contributed by atoms with E-state index in [4.69, 9.17) is 4.74 Å². The van der Waals surface area contributed by atoms with Gasteiger partial charge in [0, 0.05) is 12.4 Å². The maximum atomic E-state index is 11.9. The Bertz CT molecular complexity index is 742. The largest absolute Gasteiger partial charge is 0.506 e. The average Bonchev–Trinajstić information content (AvgIpc) is 2.53. The third-order valence-electron chi connectivity index (χ3n) is 2.93. The molecule has 0 aliphatic heterocycles. The number of nitrogens with one attached hydrogen (secondary N) is 2. The molecule has 0 unspecified atom stereocenters. The SMILES string of the molecule is CNC(=O)NC(=O)COC(=O)c1ccc2ccccc2c1O. The summed E-state index contributed by atoms with van der Waals surface area (Å²) in [6, 6.07) is 9.37. The maximum Gasteiger partial charge on any atom is 0.342 e. The lowest BCUT2D eigenvalue weighted by atomic mass is 10.1. The van der Waals surface area contributed by atoms with Crippen LogP contribution >= 0.6 is 0 Å².